The van der Waals surface area contributed by atoms with Gasteiger partial charge in [-0.25, -0.2) is 14.3 Å². The molecule has 19 heavy (non-hydrogen) atoms. The first kappa shape index (κ1) is 13.1. The van der Waals surface area contributed by atoms with Crippen LogP contribution in [0.4, 0.5) is 13.2 Å². The highest BCUT2D eigenvalue weighted by Crippen LogP contribution is 2.26. The zero-order chi connectivity index (χ0) is 14.2. The molecule has 0 aliphatic rings. The fourth-order valence-electron chi connectivity index (χ4n) is 1.45. The van der Waals surface area contributed by atoms with Gasteiger partial charge in [0.1, 0.15) is 5.69 Å². The van der Waals surface area contributed by atoms with Gasteiger partial charge in [-0.1, -0.05) is 0 Å². The minimum absolute atomic E-state index is 0.102. The molecule has 0 amide bonds. The molecule has 0 radical (unpaired) electrons. The van der Waals surface area contributed by atoms with Crippen molar-refractivity contribution in [3.8, 4) is 0 Å². The minimum atomic E-state index is -4.73. The first-order valence-electron chi connectivity index (χ1n) is 5.20. The van der Waals surface area contributed by atoms with Crippen LogP contribution in [0.2, 0.25) is 0 Å². The van der Waals surface area contributed by atoms with Crippen LogP contribution >= 0.6 is 0 Å². The third-order valence-electron chi connectivity index (χ3n) is 2.24. The summed E-state index contributed by atoms with van der Waals surface area (Å²) >= 11 is 0. The molecule has 9 heteroatoms. The van der Waals surface area contributed by atoms with Crippen LogP contribution in [0.1, 0.15) is 23.1 Å². The van der Waals surface area contributed by atoms with Crippen molar-refractivity contribution < 1.29 is 22.7 Å². The van der Waals surface area contributed by atoms with Gasteiger partial charge in [0, 0.05) is 12.1 Å². The van der Waals surface area contributed by atoms with Crippen LogP contribution in [-0.4, -0.2) is 27.2 Å². The molecule has 0 spiro atoms. The topological polar surface area (TPSA) is 76.5 Å². The van der Waals surface area contributed by atoms with Crippen LogP contribution in [-0.2, 0) is 10.9 Å². The van der Waals surface area contributed by atoms with Gasteiger partial charge in [0.15, 0.2) is 11.3 Å². The number of aromatic amines is 1. The van der Waals surface area contributed by atoms with E-state index in [1.807, 2.05) is 0 Å². The van der Waals surface area contributed by atoms with Gasteiger partial charge in [-0.2, -0.15) is 13.2 Å². The Morgan fingerprint density at radius 2 is 2.16 bits per heavy atom. The number of carbonyl (C=O) groups excluding carboxylic acids is 1. The van der Waals surface area contributed by atoms with E-state index in [2.05, 4.69) is 14.8 Å². The van der Waals surface area contributed by atoms with Crippen molar-refractivity contribution in [1.82, 2.24) is 14.6 Å². The van der Waals surface area contributed by atoms with Gasteiger partial charge < -0.3 is 4.74 Å². The van der Waals surface area contributed by atoms with E-state index >= 15 is 0 Å². The Balaban J connectivity index is 2.57. The van der Waals surface area contributed by atoms with Gasteiger partial charge >= 0.3 is 12.1 Å². The summed E-state index contributed by atoms with van der Waals surface area (Å²) in [5, 5.41) is 2.33. The molecule has 0 fully saturated rings. The van der Waals surface area contributed by atoms with E-state index < -0.39 is 23.4 Å². The van der Waals surface area contributed by atoms with Crippen LogP contribution in [0, 0.1) is 0 Å². The van der Waals surface area contributed by atoms with E-state index in [9.17, 15) is 22.8 Å². The maximum absolute atomic E-state index is 12.5. The summed E-state index contributed by atoms with van der Waals surface area (Å²) in [7, 11) is 0. The van der Waals surface area contributed by atoms with Gasteiger partial charge in [-0.05, 0) is 6.92 Å². The number of nitrogens with one attached hydrogen (secondary N) is 1. The number of hydrogen-bond acceptors (Lipinski definition) is 4. The van der Waals surface area contributed by atoms with Gasteiger partial charge in [-0.15, -0.1) is 0 Å². The van der Waals surface area contributed by atoms with E-state index in [1.54, 1.807) is 6.92 Å². The lowest BCUT2D eigenvalue weighted by Gasteiger charge is -2.04. The Hall–Kier alpha value is -2.32. The second-order valence-electron chi connectivity index (χ2n) is 3.56. The number of hydrogen-bond donors (Lipinski definition) is 1. The first-order valence-corrected chi connectivity index (χ1v) is 5.20. The molecular weight excluding hydrogens is 267 g/mol. The number of nitrogens with zero attached hydrogens (tertiary/aromatic N) is 2. The number of fused-ring (bicyclic) bond motifs is 1. The summed E-state index contributed by atoms with van der Waals surface area (Å²) in [4.78, 5) is 26.1. The third-order valence-corrected chi connectivity index (χ3v) is 2.24. The summed E-state index contributed by atoms with van der Waals surface area (Å²) < 4.78 is 42.8. The van der Waals surface area contributed by atoms with Gasteiger partial charge in [-0.3, -0.25) is 9.89 Å². The smallest absolute Gasteiger partial charge is 0.433 e. The number of halogens is 3. The molecule has 0 saturated carbocycles. The quantitative estimate of drug-likeness (QED) is 0.836. The van der Waals surface area contributed by atoms with Crippen molar-refractivity contribution >= 4 is 11.6 Å². The second-order valence-corrected chi connectivity index (χ2v) is 3.56. The Morgan fingerprint density at radius 3 is 2.74 bits per heavy atom. The lowest BCUT2D eigenvalue weighted by Crippen LogP contribution is -2.20. The molecule has 1 N–H and O–H groups in total. The second kappa shape index (κ2) is 4.41. The molecule has 2 aromatic heterocycles. The van der Waals surface area contributed by atoms with Crippen molar-refractivity contribution in [2.24, 2.45) is 0 Å². The summed E-state index contributed by atoms with van der Waals surface area (Å²) in [6.45, 7) is 1.68. The highest BCUT2D eigenvalue weighted by atomic mass is 19.4. The van der Waals surface area contributed by atoms with Crippen molar-refractivity contribution in [3.05, 3.63) is 33.9 Å². The summed E-state index contributed by atoms with van der Waals surface area (Å²) in [5.41, 5.74) is -2.73. The minimum Gasteiger partial charge on any atom is -0.461 e. The Labute approximate surface area is 103 Å². The molecule has 0 bridgehead atoms. The lowest BCUT2D eigenvalue weighted by atomic mass is 10.4. The molecule has 2 aromatic rings. The molecule has 2 heterocycles. The van der Waals surface area contributed by atoms with Gasteiger partial charge in [0.2, 0.25) is 0 Å². The molecule has 0 saturated heterocycles. The Bertz CT molecular complexity index is 687. The van der Waals surface area contributed by atoms with Crippen molar-refractivity contribution in [1.29, 1.82) is 0 Å². The highest BCUT2D eigenvalue weighted by Gasteiger charge is 2.33. The fraction of sp³-hybridized carbons (Fsp3) is 0.300. The van der Waals surface area contributed by atoms with Crippen molar-refractivity contribution in [2.45, 2.75) is 13.1 Å². The first-order chi connectivity index (χ1) is 8.82. The standard InChI is InChI=1S/C10H8F3N3O3/c1-2-19-9(18)5-3-7-14-6(10(11,12)13)4-8(17)16(7)15-5/h3-4,15H,2H2,1H3. The number of alkyl halides is 3. The summed E-state index contributed by atoms with van der Waals surface area (Å²) in [5.74, 6) is -0.777. The monoisotopic (exact) mass is 275 g/mol. The number of ether oxygens (including phenoxy) is 1. The maximum atomic E-state index is 12.5. The summed E-state index contributed by atoms with van der Waals surface area (Å²) in [6.07, 6.45) is -4.73. The normalized spacial score (nSPS) is 11.8. The van der Waals surface area contributed by atoms with Crippen LogP contribution in [0.3, 0.4) is 0 Å². The number of H-pyrrole nitrogens is 1. The van der Waals surface area contributed by atoms with Crippen molar-refractivity contribution in [2.75, 3.05) is 6.61 Å². The van der Waals surface area contributed by atoms with Gasteiger partial charge in [0.05, 0.1) is 6.61 Å². The largest absolute Gasteiger partial charge is 0.461 e. The van der Waals surface area contributed by atoms with Crippen LogP contribution in [0.5, 0.6) is 0 Å². The predicted molar refractivity (Wildman–Crippen MR) is 56.8 cm³/mol. The SMILES string of the molecule is CCOC(=O)c1cc2nc(C(F)(F)F)cc(=O)n2[nH]1. The summed E-state index contributed by atoms with van der Waals surface area (Å²) in [6, 6.07) is 1.37. The molecule has 102 valence electrons. The lowest BCUT2D eigenvalue weighted by molar-refractivity contribution is -0.141. The molecule has 6 nitrogen and oxygen atoms in total. The van der Waals surface area contributed by atoms with Crippen LogP contribution in [0.15, 0.2) is 16.9 Å². The van der Waals surface area contributed by atoms with E-state index in [-0.39, 0.29) is 17.9 Å². The number of carbonyl (C=O) groups is 1. The average Bonchev–Trinajstić information content (AvgIpc) is 2.72. The Kier molecular flexibility index (Phi) is 3.05. The molecule has 0 aliphatic carbocycles. The average molecular weight is 275 g/mol. The zero-order valence-electron chi connectivity index (χ0n) is 9.61. The van der Waals surface area contributed by atoms with Crippen LogP contribution in [0.25, 0.3) is 5.65 Å². The maximum Gasteiger partial charge on any atom is 0.433 e. The molecular formula is C10H8F3N3O3. The Morgan fingerprint density at radius 1 is 1.47 bits per heavy atom. The highest BCUT2D eigenvalue weighted by molar-refractivity contribution is 5.88. The van der Waals surface area contributed by atoms with Crippen molar-refractivity contribution in [3.63, 3.8) is 0 Å². The van der Waals surface area contributed by atoms with Gasteiger partial charge in [0.25, 0.3) is 5.56 Å². The number of aromatic nitrogens is 3. The molecule has 0 atom stereocenters. The number of esters is 1. The molecule has 2 rings (SSSR count). The molecule has 0 aliphatic heterocycles. The predicted octanol–water partition coefficient (Wildman–Crippen LogP) is 1.22. The van der Waals surface area contributed by atoms with E-state index in [4.69, 9.17) is 0 Å². The molecule has 0 aromatic carbocycles. The van der Waals surface area contributed by atoms with E-state index in [1.165, 1.54) is 0 Å². The number of rotatable bonds is 2. The van der Waals surface area contributed by atoms with E-state index in [0.717, 1.165) is 10.6 Å². The fourth-order valence-corrected chi connectivity index (χ4v) is 1.45. The van der Waals surface area contributed by atoms with E-state index in [0.29, 0.717) is 6.07 Å². The zero-order valence-corrected chi connectivity index (χ0v) is 9.61. The van der Waals surface area contributed by atoms with Crippen LogP contribution < -0.4 is 5.56 Å². The third kappa shape index (κ3) is 2.44. The molecule has 0 unspecified atom stereocenters.